The maximum atomic E-state index is 13.7. The van der Waals surface area contributed by atoms with Crippen LogP contribution in [0.4, 0.5) is 5.69 Å². The van der Waals surface area contributed by atoms with Gasteiger partial charge >= 0.3 is 5.97 Å². The lowest BCUT2D eigenvalue weighted by Crippen LogP contribution is -2.49. The maximum absolute atomic E-state index is 13.7. The molecule has 0 fully saturated rings. The van der Waals surface area contributed by atoms with Crippen molar-refractivity contribution in [3.05, 3.63) is 83.4 Å². The number of aromatic carboxylic acids is 1. The molecule has 3 atom stereocenters. The average Bonchev–Trinajstić information content (AvgIpc) is 2.99. The van der Waals surface area contributed by atoms with Crippen LogP contribution in [0.5, 0.6) is 11.5 Å². The van der Waals surface area contributed by atoms with Gasteiger partial charge in [0.05, 0.1) is 35.8 Å². The number of carbonyl (C=O) groups excluding carboxylic acids is 1. The number of ether oxygens (including phenoxy) is 2. The third-order valence-electron chi connectivity index (χ3n) is 7.43. The number of nitrogens with zero attached hydrogens (tertiary/aromatic N) is 2. The summed E-state index contributed by atoms with van der Waals surface area (Å²) in [4.78, 5) is 28.6. The Bertz CT molecular complexity index is 1540. The van der Waals surface area contributed by atoms with E-state index in [2.05, 4.69) is 9.62 Å². The minimum Gasteiger partial charge on any atom is -0.497 e. The number of hydrogen-bond donors (Lipinski definition) is 3. The number of methoxy groups -OCH3 is 1. The van der Waals surface area contributed by atoms with Crippen molar-refractivity contribution >= 4 is 27.6 Å². The van der Waals surface area contributed by atoms with Crippen molar-refractivity contribution < 1.29 is 37.7 Å². The fraction of sp³-hybridized carbons (Fsp3) is 0.355. The highest BCUT2D eigenvalue weighted by Crippen LogP contribution is 2.31. The van der Waals surface area contributed by atoms with E-state index < -0.39 is 22.0 Å². The van der Waals surface area contributed by atoms with Gasteiger partial charge in [0.25, 0.3) is 15.9 Å². The van der Waals surface area contributed by atoms with Gasteiger partial charge in [0.2, 0.25) is 0 Å². The molecule has 4 rings (SSSR count). The molecule has 1 aliphatic heterocycles. The average molecular weight is 612 g/mol. The molecule has 230 valence electrons. The number of aliphatic hydroxyl groups is 1. The number of hydrogen-bond acceptors (Lipinski definition) is 8. The predicted molar refractivity (Wildman–Crippen MR) is 161 cm³/mol. The summed E-state index contributed by atoms with van der Waals surface area (Å²) in [5, 5.41) is 19.1. The number of anilines is 1. The number of carbonyl (C=O) groups is 2. The van der Waals surface area contributed by atoms with Crippen LogP contribution in [0.15, 0.2) is 71.6 Å². The number of sulfonamides is 1. The Hall–Kier alpha value is -4.13. The monoisotopic (exact) mass is 611 g/mol. The minimum atomic E-state index is -3.96. The number of rotatable bonds is 11. The van der Waals surface area contributed by atoms with Gasteiger partial charge in [0, 0.05) is 31.2 Å². The van der Waals surface area contributed by atoms with E-state index in [-0.39, 0.29) is 46.2 Å². The van der Waals surface area contributed by atoms with E-state index in [4.69, 9.17) is 14.6 Å². The predicted octanol–water partition coefficient (Wildman–Crippen LogP) is 3.55. The molecule has 0 aromatic heterocycles. The Balaban J connectivity index is 1.60. The van der Waals surface area contributed by atoms with Gasteiger partial charge in [-0.05, 0) is 74.1 Å². The molecule has 0 saturated carbocycles. The molecular formula is C31H37N3O8S. The first-order valence-electron chi connectivity index (χ1n) is 13.8. The normalized spacial score (nSPS) is 17.8. The highest BCUT2D eigenvalue weighted by molar-refractivity contribution is 7.92. The van der Waals surface area contributed by atoms with Crippen LogP contribution in [0, 0.1) is 5.92 Å². The number of fused-ring (bicyclic) bond motifs is 1. The minimum absolute atomic E-state index is 0.0349. The van der Waals surface area contributed by atoms with Crippen molar-refractivity contribution in [2.75, 3.05) is 38.6 Å². The molecule has 0 spiro atoms. The molecule has 43 heavy (non-hydrogen) atoms. The van der Waals surface area contributed by atoms with E-state index in [1.807, 2.05) is 14.0 Å². The molecule has 3 aromatic rings. The highest BCUT2D eigenvalue weighted by Gasteiger charge is 2.33. The van der Waals surface area contributed by atoms with E-state index in [9.17, 15) is 23.1 Å². The lowest BCUT2D eigenvalue weighted by molar-refractivity contribution is 0.0341. The van der Waals surface area contributed by atoms with Crippen LogP contribution in [-0.4, -0.2) is 86.3 Å². The van der Waals surface area contributed by atoms with E-state index >= 15 is 0 Å². The van der Waals surface area contributed by atoms with Crippen LogP contribution in [-0.2, 0) is 16.6 Å². The number of likely N-dealkylation sites (N-methyl/N-ethyl adjacent to an activating group) is 1. The third kappa shape index (κ3) is 7.64. The van der Waals surface area contributed by atoms with Crippen LogP contribution in [0.3, 0.4) is 0 Å². The van der Waals surface area contributed by atoms with Crippen LogP contribution >= 0.6 is 0 Å². The van der Waals surface area contributed by atoms with Crippen molar-refractivity contribution in [2.45, 2.75) is 37.4 Å². The zero-order valence-corrected chi connectivity index (χ0v) is 25.4. The lowest BCUT2D eigenvalue weighted by atomic mass is 9.99. The van der Waals surface area contributed by atoms with Gasteiger partial charge in [-0.25, -0.2) is 13.2 Å². The van der Waals surface area contributed by atoms with Crippen LogP contribution in [0.25, 0.3) is 0 Å². The standard InChI is InChI=1S/C31H37N3O8S/c1-20-16-34(21(2)19-35)30(36)27-15-24(32-43(39,40)26-12-10-25(41-4)11-13-26)9-14-28(27)42-29(20)18-33(3)17-22-5-7-23(8-6-22)31(37)38/h5-15,20-21,29,32,35H,16-19H2,1-4H3,(H,37,38)/t20-,21-,29+/m0/s1. The number of carboxylic acid groups (broad SMARTS) is 1. The van der Waals surface area contributed by atoms with Gasteiger partial charge < -0.3 is 24.6 Å². The lowest BCUT2D eigenvalue weighted by Gasteiger charge is -2.38. The summed E-state index contributed by atoms with van der Waals surface area (Å²) in [6, 6.07) is 16.7. The van der Waals surface area contributed by atoms with Crippen molar-refractivity contribution in [1.82, 2.24) is 9.80 Å². The Morgan fingerprint density at radius 3 is 2.42 bits per heavy atom. The van der Waals surface area contributed by atoms with Gasteiger partial charge in [0.15, 0.2) is 0 Å². The first-order valence-corrected chi connectivity index (χ1v) is 15.3. The number of carboxylic acids is 1. The summed E-state index contributed by atoms with van der Waals surface area (Å²) in [5.41, 5.74) is 1.52. The van der Waals surface area contributed by atoms with Crippen molar-refractivity contribution in [1.29, 1.82) is 0 Å². The van der Waals surface area contributed by atoms with Gasteiger partial charge in [-0.3, -0.25) is 14.4 Å². The molecule has 0 saturated heterocycles. The Labute approximate surface area is 251 Å². The molecule has 0 unspecified atom stereocenters. The second-order valence-electron chi connectivity index (χ2n) is 10.8. The SMILES string of the molecule is COc1ccc(S(=O)(=O)Nc2ccc3c(c2)C(=O)N([C@@H](C)CO)C[C@H](C)[C@@H](CN(C)Cc2ccc(C(=O)O)cc2)O3)cc1. The molecule has 1 heterocycles. The zero-order valence-electron chi connectivity index (χ0n) is 24.6. The summed E-state index contributed by atoms with van der Waals surface area (Å²) in [5.74, 6) is -0.645. The molecule has 0 bridgehead atoms. The third-order valence-corrected chi connectivity index (χ3v) is 8.83. The number of nitrogens with one attached hydrogen (secondary N) is 1. The van der Waals surface area contributed by atoms with Crippen molar-refractivity contribution in [3.63, 3.8) is 0 Å². The Morgan fingerprint density at radius 1 is 1.14 bits per heavy atom. The topological polar surface area (TPSA) is 146 Å². The molecule has 0 radical (unpaired) electrons. The molecule has 1 aliphatic rings. The molecule has 1 amide bonds. The first kappa shape index (κ1) is 31.8. The summed E-state index contributed by atoms with van der Waals surface area (Å²) in [6.45, 7) is 4.84. The number of amides is 1. The quantitative estimate of drug-likeness (QED) is 0.296. The van der Waals surface area contributed by atoms with Crippen LogP contribution < -0.4 is 14.2 Å². The molecule has 12 heteroatoms. The van der Waals surface area contributed by atoms with E-state index in [1.54, 1.807) is 60.4 Å². The molecular weight excluding hydrogens is 574 g/mol. The highest BCUT2D eigenvalue weighted by atomic mass is 32.2. The number of aliphatic hydroxyl groups excluding tert-OH is 1. The largest absolute Gasteiger partial charge is 0.497 e. The second-order valence-corrected chi connectivity index (χ2v) is 12.5. The smallest absolute Gasteiger partial charge is 0.335 e. The maximum Gasteiger partial charge on any atom is 0.335 e. The van der Waals surface area contributed by atoms with Gasteiger partial charge in [-0.2, -0.15) is 0 Å². The van der Waals surface area contributed by atoms with Crippen LogP contribution in [0.2, 0.25) is 0 Å². The molecule has 3 aromatic carbocycles. The van der Waals surface area contributed by atoms with Gasteiger partial charge in [0.1, 0.15) is 17.6 Å². The fourth-order valence-corrected chi connectivity index (χ4v) is 5.96. The van der Waals surface area contributed by atoms with E-state index in [0.29, 0.717) is 31.1 Å². The Kier molecular flexibility index (Phi) is 9.95. The van der Waals surface area contributed by atoms with Crippen molar-refractivity contribution in [3.8, 4) is 11.5 Å². The summed E-state index contributed by atoms with van der Waals surface area (Å²) in [7, 11) is -0.538. The molecule has 11 nitrogen and oxygen atoms in total. The second kappa shape index (κ2) is 13.4. The zero-order chi connectivity index (χ0) is 31.3. The van der Waals surface area contributed by atoms with Crippen LogP contribution in [0.1, 0.15) is 40.1 Å². The molecule has 0 aliphatic carbocycles. The summed E-state index contributed by atoms with van der Waals surface area (Å²) >= 11 is 0. The summed E-state index contributed by atoms with van der Waals surface area (Å²) in [6.07, 6.45) is -0.356. The Morgan fingerprint density at radius 2 is 1.81 bits per heavy atom. The van der Waals surface area contributed by atoms with E-state index in [0.717, 1.165) is 5.56 Å². The first-order chi connectivity index (χ1) is 20.4. The molecule has 3 N–H and O–H groups in total. The number of benzene rings is 3. The summed E-state index contributed by atoms with van der Waals surface area (Å²) < 4.78 is 40.2. The van der Waals surface area contributed by atoms with E-state index in [1.165, 1.54) is 25.3 Å². The van der Waals surface area contributed by atoms with Crippen molar-refractivity contribution in [2.24, 2.45) is 5.92 Å². The fourth-order valence-electron chi connectivity index (χ4n) is 4.91. The van der Waals surface area contributed by atoms with Gasteiger partial charge in [-0.1, -0.05) is 19.1 Å². The van der Waals surface area contributed by atoms with Gasteiger partial charge in [-0.15, -0.1) is 0 Å².